The number of rotatable bonds is 4. The van der Waals surface area contributed by atoms with Gasteiger partial charge in [-0.3, -0.25) is 0 Å². The molecule has 2 heterocycles. The van der Waals surface area contributed by atoms with Crippen molar-refractivity contribution >= 4 is 9.84 Å². The van der Waals surface area contributed by atoms with Crippen LogP contribution in [0.15, 0.2) is 21.7 Å². The standard InChI is InChI=1S/C14H18N2O3S/c1-5-13-12(11(4)16-19-13)8-20(17,18)14-7-9(2)6-10(3)15-14/h6-7H,5,8H2,1-4H3. The van der Waals surface area contributed by atoms with Gasteiger partial charge in [0.15, 0.2) is 14.9 Å². The van der Waals surface area contributed by atoms with Crippen molar-refractivity contribution in [2.75, 3.05) is 0 Å². The fourth-order valence-electron chi connectivity index (χ4n) is 2.13. The van der Waals surface area contributed by atoms with Gasteiger partial charge in [-0.1, -0.05) is 12.1 Å². The van der Waals surface area contributed by atoms with E-state index in [1.807, 2.05) is 19.9 Å². The molecule has 5 nitrogen and oxygen atoms in total. The van der Waals surface area contributed by atoms with Crippen LogP contribution in [0.3, 0.4) is 0 Å². The van der Waals surface area contributed by atoms with Crippen molar-refractivity contribution in [1.82, 2.24) is 10.1 Å². The zero-order chi connectivity index (χ0) is 14.9. The summed E-state index contributed by atoms with van der Waals surface area (Å²) in [5, 5.41) is 3.95. The number of aryl methyl sites for hydroxylation is 4. The van der Waals surface area contributed by atoms with Crippen LogP contribution in [0.5, 0.6) is 0 Å². The molecule has 6 heteroatoms. The molecule has 0 aliphatic heterocycles. The minimum absolute atomic E-state index is 0.109. The SMILES string of the molecule is CCc1onc(C)c1CS(=O)(=O)c1cc(C)cc(C)n1. The molecule has 108 valence electrons. The number of hydrogen-bond donors (Lipinski definition) is 0. The van der Waals surface area contributed by atoms with E-state index < -0.39 is 9.84 Å². The second-order valence-electron chi connectivity index (χ2n) is 4.91. The Morgan fingerprint density at radius 1 is 1.20 bits per heavy atom. The molecule has 0 radical (unpaired) electrons. The molecule has 0 saturated heterocycles. The highest BCUT2D eigenvalue weighted by atomic mass is 32.2. The van der Waals surface area contributed by atoms with Gasteiger partial charge in [0.25, 0.3) is 0 Å². The number of nitrogens with zero attached hydrogens (tertiary/aromatic N) is 2. The Bertz CT molecular complexity index is 713. The summed E-state index contributed by atoms with van der Waals surface area (Å²) in [6, 6.07) is 3.44. The first-order valence-electron chi connectivity index (χ1n) is 6.45. The van der Waals surface area contributed by atoms with Crippen LogP contribution in [0, 0.1) is 20.8 Å². The van der Waals surface area contributed by atoms with E-state index in [1.54, 1.807) is 19.9 Å². The van der Waals surface area contributed by atoms with Gasteiger partial charge in [-0.05, 0) is 38.5 Å². The smallest absolute Gasteiger partial charge is 0.199 e. The third-order valence-electron chi connectivity index (χ3n) is 3.11. The number of hydrogen-bond acceptors (Lipinski definition) is 5. The average molecular weight is 294 g/mol. The van der Waals surface area contributed by atoms with Crippen molar-refractivity contribution in [3.05, 3.63) is 40.4 Å². The van der Waals surface area contributed by atoms with Gasteiger partial charge in [0.2, 0.25) is 0 Å². The Labute approximate surface area is 118 Å². The predicted molar refractivity (Wildman–Crippen MR) is 75.2 cm³/mol. The van der Waals surface area contributed by atoms with Gasteiger partial charge >= 0.3 is 0 Å². The quantitative estimate of drug-likeness (QED) is 0.866. The molecule has 0 aliphatic rings. The van der Waals surface area contributed by atoms with Gasteiger partial charge in [0.05, 0.1) is 11.4 Å². The average Bonchev–Trinajstić information content (AvgIpc) is 2.69. The Balaban J connectivity index is 2.43. The Morgan fingerprint density at radius 3 is 2.50 bits per heavy atom. The Morgan fingerprint density at radius 2 is 1.90 bits per heavy atom. The van der Waals surface area contributed by atoms with E-state index in [4.69, 9.17) is 4.52 Å². The van der Waals surface area contributed by atoms with Crippen LogP contribution in [-0.4, -0.2) is 18.6 Å². The normalized spacial score (nSPS) is 11.8. The second kappa shape index (κ2) is 5.36. The van der Waals surface area contributed by atoms with E-state index in [1.165, 1.54) is 0 Å². The Kier molecular flexibility index (Phi) is 3.94. The topological polar surface area (TPSA) is 73.1 Å². The van der Waals surface area contributed by atoms with Gasteiger partial charge in [-0.25, -0.2) is 13.4 Å². The molecule has 2 aromatic heterocycles. The zero-order valence-corrected chi connectivity index (χ0v) is 12.9. The lowest BCUT2D eigenvalue weighted by Gasteiger charge is -2.06. The summed E-state index contributed by atoms with van der Waals surface area (Å²) in [5.41, 5.74) is 2.85. The van der Waals surface area contributed by atoms with Crippen molar-refractivity contribution < 1.29 is 12.9 Å². The summed E-state index contributed by atoms with van der Waals surface area (Å²) in [7, 11) is -3.49. The lowest BCUT2D eigenvalue weighted by molar-refractivity contribution is 0.382. The van der Waals surface area contributed by atoms with Gasteiger partial charge in [-0.15, -0.1) is 0 Å². The molecule has 0 spiro atoms. The summed E-state index contributed by atoms with van der Waals surface area (Å²) in [6.45, 7) is 7.30. The van der Waals surface area contributed by atoms with E-state index in [0.29, 0.717) is 29.1 Å². The zero-order valence-electron chi connectivity index (χ0n) is 12.1. The van der Waals surface area contributed by atoms with E-state index in [0.717, 1.165) is 5.56 Å². The molecule has 2 aromatic rings. The minimum atomic E-state index is -3.49. The van der Waals surface area contributed by atoms with Crippen LogP contribution in [0.2, 0.25) is 0 Å². The maximum Gasteiger partial charge on any atom is 0.199 e. The van der Waals surface area contributed by atoms with Crippen LogP contribution >= 0.6 is 0 Å². The van der Waals surface area contributed by atoms with Gasteiger partial charge in [0, 0.05) is 17.7 Å². The molecule has 0 fully saturated rings. The fraction of sp³-hybridized carbons (Fsp3) is 0.429. The maximum absolute atomic E-state index is 12.5. The lowest BCUT2D eigenvalue weighted by atomic mass is 10.2. The molecular formula is C14H18N2O3S. The van der Waals surface area contributed by atoms with E-state index >= 15 is 0 Å². The molecule has 0 aromatic carbocycles. The molecule has 0 unspecified atom stereocenters. The predicted octanol–water partition coefficient (Wildman–Crippen LogP) is 2.53. The second-order valence-corrected chi connectivity index (χ2v) is 6.84. The summed E-state index contributed by atoms with van der Waals surface area (Å²) in [6.07, 6.45) is 0.617. The van der Waals surface area contributed by atoms with Crippen LogP contribution in [0.1, 0.15) is 35.2 Å². The fourth-order valence-corrected chi connectivity index (χ4v) is 3.67. The maximum atomic E-state index is 12.5. The van der Waals surface area contributed by atoms with Crippen LogP contribution in [0.25, 0.3) is 0 Å². The minimum Gasteiger partial charge on any atom is -0.361 e. The molecule has 2 rings (SSSR count). The number of aromatic nitrogens is 2. The van der Waals surface area contributed by atoms with E-state index in [9.17, 15) is 8.42 Å². The van der Waals surface area contributed by atoms with E-state index in [-0.39, 0.29) is 10.8 Å². The summed E-state index contributed by atoms with van der Waals surface area (Å²) < 4.78 is 30.1. The van der Waals surface area contributed by atoms with Crippen molar-refractivity contribution in [3.63, 3.8) is 0 Å². The molecular weight excluding hydrogens is 276 g/mol. The first-order valence-corrected chi connectivity index (χ1v) is 8.10. The Hall–Kier alpha value is -1.69. The van der Waals surface area contributed by atoms with Gasteiger partial charge in [0.1, 0.15) is 5.76 Å². The molecule has 0 bridgehead atoms. The van der Waals surface area contributed by atoms with Crippen LogP contribution in [-0.2, 0) is 22.0 Å². The van der Waals surface area contributed by atoms with Crippen molar-refractivity contribution in [2.45, 2.75) is 44.9 Å². The number of pyridine rings is 1. The summed E-state index contributed by atoms with van der Waals surface area (Å²) >= 11 is 0. The highest BCUT2D eigenvalue weighted by molar-refractivity contribution is 7.90. The van der Waals surface area contributed by atoms with Crippen molar-refractivity contribution in [1.29, 1.82) is 0 Å². The molecule has 0 atom stereocenters. The largest absolute Gasteiger partial charge is 0.361 e. The third-order valence-corrected chi connectivity index (χ3v) is 4.63. The first-order chi connectivity index (χ1) is 9.33. The third kappa shape index (κ3) is 2.90. The monoisotopic (exact) mass is 294 g/mol. The number of sulfone groups is 1. The lowest BCUT2D eigenvalue weighted by Crippen LogP contribution is -2.09. The summed E-state index contributed by atoms with van der Waals surface area (Å²) in [4.78, 5) is 4.13. The van der Waals surface area contributed by atoms with Gasteiger partial charge < -0.3 is 4.52 Å². The molecule has 20 heavy (non-hydrogen) atoms. The highest BCUT2D eigenvalue weighted by Gasteiger charge is 2.23. The molecule has 0 N–H and O–H groups in total. The first kappa shape index (κ1) is 14.7. The molecule has 0 aliphatic carbocycles. The molecule has 0 saturated carbocycles. The van der Waals surface area contributed by atoms with Crippen LogP contribution in [0.4, 0.5) is 0 Å². The van der Waals surface area contributed by atoms with E-state index in [2.05, 4.69) is 10.1 Å². The van der Waals surface area contributed by atoms with Crippen LogP contribution < -0.4 is 0 Å². The highest BCUT2D eigenvalue weighted by Crippen LogP contribution is 2.22. The van der Waals surface area contributed by atoms with Crippen molar-refractivity contribution in [2.24, 2.45) is 0 Å². The molecule has 0 amide bonds. The van der Waals surface area contributed by atoms with Crippen molar-refractivity contribution in [3.8, 4) is 0 Å². The summed E-state index contributed by atoms with van der Waals surface area (Å²) in [5.74, 6) is 0.497. The van der Waals surface area contributed by atoms with Gasteiger partial charge in [-0.2, -0.15) is 0 Å².